The summed E-state index contributed by atoms with van der Waals surface area (Å²) in [4.78, 5) is 14.4. The number of rotatable bonds is 8. The second kappa shape index (κ2) is 7.76. The normalized spacial score (nSPS) is 12.3. The van der Waals surface area contributed by atoms with Crippen molar-refractivity contribution in [2.24, 2.45) is 0 Å². The van der Waals surface area contributed by atoms with Crippen LogP contribution in [-0.4, -0.2) is 22.5 Å². The average molecular weight is 251 g/mol. The van der Waals surface area contributed by atoms with E-state index in [4.69, 9.17) is 0 Å². The molecule has 0 saturated heterocycles. The van der Waals surface area contributed by atoms with Gasteiger partial charge in [-0.05, 0) is 31.9 Å². The van der Waals surface area contributed by atoms with E-state index in [1.165, 1.54) is 6.20 Å². The molecule has 0 amide bonds. The van der Waals surface area contributed by atoms with Gasteiger partial charge in [0.25, 0.3) is 5.69 Å². The fraction of sp³-hybridized carbons (Fsp3) is 0.615. The molecule has 0 aliphatic heterocycles. The standard InChI is InChI=1S/C13H21N3O2/c1-3-5-12(15-7-4-2)9-11-6-8-14-10-13(11)16(17)18/h6,8,10,12,15H,3-5,7,9H2,1-2H3. The van der Waals surface area contributed by atoms with Crippen molar-refractivity contribution in [2.45, 2.75) is 45.6 Å². The molecule has 0 aliphatic carbocycles. The molecule has 1 N–H and O–H groups in total. The topological polar surface area (TPSA) is 68.1 Å². The summed E-state index contributed by atoms with van der Waals surface area (Å²) in [6.07, 6.45) is 6.80. The first-order valence-electron chi connectivity index (χ1n) is 6.49. The first kappa shape index (κ1) is 14.6. The van der Waals surface area contributed by atoms with E-state index in [0.717, 1.165) is 31.4 Å². The van der Waals surface area contributed by atoms with E-state index >= 15 is 0 Å². The van der Waals surface area contributed by atoms with E-state index in [9.17, 15) is 10.1 Å². The number of nitro groups is 1. The Bertz CT molecular complexity index is 382. The molecule has 1 rings (SSSR count). The Labute approximate surface area is 108 Å². The molecule has 0 fully saturated rings. The number of aromatic nitrogens is 1. The Morgan fingerprint density at radius 1 is 1.44 bits per heavy atom. The fourth-order valence-corrected chi connectivity index (χ4v) is 1.99. The summed E-state index contributed by atoms with van der Waals surface area (Å²) in [6, 6.07) is 2.05. The van der Waals surface area contributed by atoms with E-state index in [0.29, 0.717) is 12.5 Å². The van der Waals surface area contributed by atoms with Gasteiger partial charge in [0.15, 0.2) is 0 Å². The summed E-state index contributed by atoms with van der Waals surface area (Å²) < 4.78 is 0. The summed E-state index contributed by atoms with van der Waals surface area (Å²) in [5.74, 6) is 0. The van der Waals surface area contributed by atoms with Crippen molar-refractivity contribution in [3.05, 3.63) is 34.1 Å². The van der Waals surface area contributed by atoms with Crippen molar-refractivity contribution in [1.29, 1.82) is 0 Å². The number of nitrogens with zero attached hydrogens (tertiary/aromatic N) is 2. The van der Waals surface area contributed by atoms with Crippen LogP contribution in [0.5, 0.6) is 0 Å². The Morgan fingerprint density at radius 3 is 2.83 bits per heavy atom. The summed E-state index contributed by atoms with van der Waals surface area (Å²) in [5, 5.41) is 14.4. The van der Waals surface area contributed by atoms with Gasteiger partial charge in [-0.1, -0.05) is 20.3 Å². The third kappa shape index (κ3) is 4.41. The van der Waals surface area contributed by atoms with E-state index < -0.39 is 0 Å². The van der Waals surface area contributed by atoms with E-state index in [-0.39, 0.29) is 10.6 Å². The van der Waals surface area contributed by atoms with Gasteiger partial charge < -0.3 is 5.32 Å². The molecule has 0 aliphatic rings. The molecule has 1 heterocycles. The molecule has 0 bridgehead atoms. The molecule has 0 spiro atoms. The van der Waals surface area contributed by atoms with Gasteiger partial charge in [0.1, 0.15) is 6.20 Å². The fourth-order valence-electron chi connectivity index (χ4n) is 1.99. The molecule has 0 radical (unpaired) electrons. The molecule has 5 heteroatoms. The molecule has 0 aromatic carbocycles. The van der Waals surface area contributed by atoms with E-state index in [1.807, 2.05) is 0 Å². The molecule has 1 aromatic heterocycles. The van der Waals surface area contributed by atoms with Crippen molar-refractivity contribution in [3.8, 4) is 0 Å². The van der Waals surface area contributed by atoms with E-state index in [2.05, 4.69) is 24.1 Å². The van der Waals surface area contributed by atoms with Gasteiger partial charge in [0, 0.05) is 17.8 Å². The lowest BCUT2D eigenvalue weighted by Gasteiger charge is -2.17. The highest BCUT2D eigenvalue weighted by Crippen LogP contribution is 2.19. The van der Waals surface area contributed by atoms with Crippen LogP contribution in [0, 0.1) is 10.1 Å². The zero-order valence-electron chi connectivity index (χ0n) is 11.1. The Balaban J connectivity index is 2.76. The number of hydrogen-bond acceptors (Lipinski definition) is 4. The van der Waals surface area contributed by atoms with Crippen LogP contribution in [0.25, 0.3) is 0 Å². The van der Waals surface area contributed by atoms with Gasteiger partial charge in [-0.2, -0.15) is 0 Å². The zero-order valence-corrected chi connectivity index (χ0v) is 11.1. The molecule has 5 nitrogen and oxygen atoms in total. The van der Waals surface area contributed by atoms with Crippen LogP contribution in [-0.2, 0) is 6.42 Å². The monoisotopic (exact) mass is 251 g/mol. The lowest BCUT2D eigenvalue weighted by atomic mass is 10.0. The minimum absolute atomic E-state index is 0.122. The van der Waals surface area contributed by atoms with Crippen LogP contribution in [0.3, 0.4) is 0 Å². The van der Waals surface area contributed by atoms with Gasteiger partial charge in [-0.25, -0.2) is 0 Å². The summed E-state index contributed by atoms with van der Waals surface area (Å²) in [7, 11) is 0. The van der Waals surface area contributed by atoms with Gasteiger partial charge in [0.05, 0.1) is 4.92 Å². The highest BCUT2D eigenvalue weighted by Gasteiger charge is 2.17. The lowest BCUT2D eigenvalue weighted by Crippen LogP contribution is -2.31. The summed E-state index contributed by atoms with van der Waals surface area (Å²) >= 11 is 0. The van der Waals surface area contributed by atoms with Gasteiger partial charge in [-0.3, -0.25) is 15.1 Å². The Kier molecular flexibility index (Phi) is 6.28. The van der Waals surface area contributed by atoms with Crippen LogP contribution >= 0.6 is 0 Å². The quantitative estimate of drug-likeness (QED) is 0.569. The second-order valence-electron chi connectivity index (χ2n) is 4.41. The first-order chi connectivity index (χ1) is 8.69. The minimum Gasteiger partial charge on any atom is -0.314 e. The average Bonchev–Trinajstić information content (AvgIpc) is 2.36. The number of nitrogens with one attached hydrogen (secondary N) is 1. The first-order valence-corrected chi connectivity index (χ1v) is 6.49. The maximum absolute atomic E-state index is 10.9. The van der Waals surface area contributed by atoms with Crippen LogP contribution in [0.2, 0.25) is 0 Å². The smallest absolute Gasteiger partial charge is 0.290 e. The zero-order chi connectivity index (χ0) is 13.4. The SMILES string of the molecule is CCCNC(CCC)Cc1ccncc1[N+](=O)[O-]. The number of pyridine rings is 1. The van der Waals surface area contributed by atoms with Crippen LogP contribution in [0.1, 0.15) is 38.7 Å². The van der Waals surface area contributed by atoms with Crippen LogP contribution < -0.4 is 5.32 Å². The summed E-state index contributed by atoms with van der Waals surface area (Å²) in [6.45, 7) is 5.19. The van der Waals surface area contributed by atoms with Gasteiger partial charge in [0.2, 0.25) is 0 Å². The van der Waals surface area contributed by atoms with Crippen molar-refractivity contribution >= 4 is 5.69 Å². The molecule has 100 valence electrons. The van der Waals surface area contributed by atoms with Crippen molar-refractivity contribution in [2.75, 3.05) is 6.54 Å². The third-order valence-corrected chi connectivity index (χ3v) is 2.87. The lowest BCUT2D eigenvalue weighted by molar-refractivity contribution is -0.385. The van der Waals surface area contributed by atoms with Crippen molar-refractivity contribution in [3.63, 3.8) is 0 Å². The molecule has 1 aromatic rings. The maximum Gasteiger partial charge on any atom is 0.290 e. The predicted molar refractivity (Wildman–Crippen MR) is 71.6 cm³/mol. The molecular weight excluding hydrogens is 230 g/mol. The van der Waals surface area contributed by atoms with Gasteiger partial charge in [-0.15, -0.1) is 0 Å². The molecule has 1 unspecified atom stereocenters. The third-order valence-electron chi connectivity index (χ3n) is 2.87. The highest BCUT2D eigenvalue weighted by atomic mass is 16.6. The second-order valence-corrected chi connectivity index (χ2v) is 4.41. The Hall–Kier alpha value is -1.49. The highest BCUT2D eigenvalue weighted by molar-refractivity contribution is 5.37. The van der Waals surface area contributed by atoms with Crippen LogP contribution in [0.4, 0.5) is 5.69 Å². The molecule has 1 atom stereocenters. The van der Waals surface area contributed by atoms with Crippen molar-refractivity contribution in [1.82, 2.24) is 10.3 Å². The Morgan fingerprint density at radius 2 is 2.22 bits per heavy atom. The van der Waals surface area contributed by atoms with Crippen LogP contribution in [0.15, 0.2) is 18.5 Å². The van der Waals surface area contributed by atoms with Gasteiger partial charge >= 0.3 is 0 Å². The predicted octanol–water partition coefficient (Wildman–Crippen LogP) is 2.70. The molecule has 18 heavy (non-hydrogen) atoms. The largest absolute Gasteiger partial charge is 0.314 e. The molecular formula is C13H21N3O2. The maximum atomic E-state index is 10.9. The van der Waals surface area contributed by atoms with E-state index in [1.54, 1.807) is 12.3 Å². The van der Waals surface area contributed by atoms with Crippen molar-refractivity contribution < 1.29 is 4.92 Å². The summed E-state index contributed by atoms with van der Waals surface area (Å²) in [5.41, 5.74) is 0.883. The number of hydrogen-bond donors (Lipinski definition) is 1. The minimum atomic E-state index is -0.356. The molecule has 0 saturated carbocycles.